The molecule has 0 aliphatic rings. The molecular weight excluding hydrogens is 341 g/mol. The maximum absolute atomic E-state index is 12.8. The van der Waals surface area contributed by atoms with Crippen LogP contribution in [-0.2, 0) is 6.18 Å². The van der Waals surface area contributed by atoms with Gasteiger partial charge in [0.15, 0.2) is 0 Å². The lowest BCUT2D eigenvalue weighted by atomic mass is 10.2. The highest BCUT2D eigenvalue weighted by atomic mass is 35.5. The van der Waals surface area contributed by atoms with Gasteiger partial charge < -0.3 is 10.6 Å². The number of hydrogen-bond acceptors (Lipinski definition) is 4. The van der Waals surface area contributed by atoms with E-state index in [2.05, 4.69) is 34.4 Å². The molecule has 4 nitrogen and oxygen atoms in total. The molecule has 0 amide bonds. The predicted molar refractivity (Wildman–Crippen MR) is 89.8 cm³/mol. The van der Waals surface area contributed by atoms with E-state index in [1.807, 2.05) is 0 Å². The fraction of sp³-hybridized carbons (Fsp3) is 0.375. The Labute approximate surface area is 143 Å². The van der Waals surface area contributed by atoms with Crippen molar-refractivity contribution in [1.82, 2.24) is 9.97 Å². The van der Waals surface area contributed by atoms with Gasteiger partial charge in [-0.05, 0) is 31.0 Å². The summed E-state index contributed by atoms with van der Waals surface area (Å²) in [6, 6.07) is 4.74. The lowest BCUT2D eigenvalue weighted by molar-refractivity contribution is -0.137. The normalized spacial score (nSPS) is 11.7. The van der Waals surface area contributed by atoms with E-state index in [1.165, 1.54) is 6.07 Å². The van der Waals surface area contributed by atoms with E-state index < -0.39 is 11.7 Å². The fourth-order valence-electron chi connectivity index (χ4n) is 1.97. The molecule has 1 aromatic carbocycles. The first-order chi connectivity index (χ1) is 11.1. The summed E-state index contributed by atoms with van der Waals surface area (Å²) in [5.74, 6) is 1.89. The summed E-state index contributed by atoms with van der Waals surface area (Å²) in [6.45, 7) is 6.55. The molecular formula is C16H18ClF3N4. The number of benzene rings is 1. The number of rotatable bonds is 5. The maximum Gasteiger partial charge on any atom is 0.416 e. The number of nitrogens with zero attached hydrogens (tertiary/aromatic N) is 2. The van der Waals surface area contributed by atoms with Crippen LogP contribution in [0.25, 0.3) is 0 Å². The Kier molecular flexibility index (Phi) is 5.54. The first kappa shape index (κ1) is 18.3. The highest BCUT2D eigenvalue weighted by molar-refractivity contribution is 6.33. The highest BCUT2D eigenvalue weighted by Gasteiger charge is 2.31. The molecule has 0 spiro atoms. The lowest BCUT2D eigenvalue weighted by Crippen LogP contribution is -2.11. The third-order valence-electron chi connectivity index (χ3n) is 3.09. The van der Waals surface area contributed by atoms with Crippen molar-refractivity contribution in [1.29, 1.82) is 0 Å². The summed E-state index contributed by atoms with van der Waals surface area (Å²) >= 11 is 5.99. The topological polar surface area (TPSA) is 49.8 Å². The Hall–Kier alpha value is -2.02. The molecule has 8 heteroatoms. The Morgan fingerprint density at radius 2 is 1.79 bits per heavy atom. The van der Waals surface area contributed by atoms with E-state index in [-0.39, 0.29) is 10.7 Å². The van der Waals surface area contributed by atoms with Gasteiger partial charge in [-0.2, -0.15) is 13.2 Å². The number of nitrogens with one attached hydrogen (secondary N) is 2. The Balaban J connectivity index is 2.27. The second-order valence-electron chi connectivity index (χ2n) is 5.78. The molecule has 1 aromatic heterocycles. The average molecular weight is 359 g/mol. The fourth-order valence-corrected chi connectivity index (χ4v) is 2.13. The SMILES string of the molecule is Cc1nc(NCC(C)C)cc(Nc2cc(C(F)(F)F)ccc2Cl)n1. The Morgan fingerprint density at radius 3 is 2.42 bits per heavy atom. The average Bonchev–Trinajstić information content (AvgIpc) is 2.46. The van der Waals surface area contributed by atoms with Gasteiger partial charge in [0.2, 0.25) is 0 Å². The molecule has 2 aromatic rings. The van der Waals surface area contributed by atoms with Crippen molar-refractivity contribution in [3.05, 3.63) is 40.7 Å². The zero-order valence-corrected chi connectivity index (χ0v) is 14.3. The van der Waals surface area contributed by atoms with Crippen LogP contribution in [0.4, 0.5) is 30.5 Å². The van der Waals surface area contributed by atoms with Crippen molar-refractivity contribution in [2.24, 2.45) is 5.92 Å². The van der Waals surface area contributed by atoms with E-state index >= 15 is 0 Å². The summed E-state index contributed by atoms with van der Waals surface area (Å²) in [5.41, 5.74) is -0.641. The summed E-state index contributed by atoms with van der Waals surface area (Å²) < 4.78 is 38.5. The molecule has 0 unspecified atom stereocenters. The van der Waals surface area contributed by atoms with Crippen molar-refractivity contribution >= 4 is 28.9 Å². The van der Waals surface area contributed by atoms with Gasteiger partial charge in [0.25, 0.3) is 0 Å². The van der Waals surface area contributed by atoms with Crippen LogP contribution in [0.2, 0.25) is 5.02 Å². The molecule has 0 bridgehead atoms. The second-order valence-corrected chi connectivity index (χ2v) is 6.18. The third kappa shape index (κ3) is 4.99. The Bertz CT molecular complexity index is 717. The van der Waals surface area contributed by atoms with Crippen LogP contribution in [0, 0.1) is 12.8 Å². The first-order valence-corrected chi connectivity index (χ1v) is 7.76. The van der Waals surface area contributed by atoms with Gasteiger partial charge in [-0.1, -0.05) is 25.4 Å². The zero-order chi connectivity index (χ0) is 17.9. The maximum atomic E-state index is 12.8. The van der Waals surface area contributed by atoms with E-state index in [0.717, 1.165) is 18.7 Å². The quantitative estimate of drug-likeness (QED) is 0.764. The van der Waals surface area contributed by atoms with E-state index in [9.17, 15) is 13.2 Å². The van der Waals surface area contributed by atoms with E-state index in [4.69, 9.17) is 11.6 Å². The monoisotopic (exact) mass is 358 g/mol. The van der Waals surface area contributed by atoms with Crippen molar-refractivity contribution < 1.29 is 13.2 Å². The number of aromatic nitrogens is 2. The smallest absolute Gasteiger partial charge is 0.370 e. The predicted octanol–water partition coefficient (Wildman–Crippen LogP) is 5.27. The van der Waals surface area contributed by atoms with Crippen LogP contribution in [-0.4, -0.2) is 16.5 Å². The third-order valence-corrected chi connectivity index (χ3v) is 3.42. The molecule has 2 N–H and O–H groups in total. The van der Waals surface area contributed by atoms with Crippen LogP contribution in [0.5, 0.6) is 0 Å². The van der Waals surface area contributed by atoms with Crippen LogP contribution in [0.1, 0.15) is 25.2 Å². The van der Waals surface area contributed by atoms with Gasteiger partial charge in [-0.25, -0.2) is 9.97 Å². The van der Waals surface area contributed by atoms with Crippen molar-refractivity contribution in [3.63, 3.8) is 0 Å². The first-order valence-electron chi connectivity index (χ1n) is 7.38. The minimum atomic E-state index is -4.44. The van der Waals surface area contributed by atoms with Crippen molar-refractivity contribution in [2.45, 2.75) is 26.9 Å². The largest absolute Gasteiger partial charge is 0.416 e. The Morgan fingerprint density at radius 1 is 1.12 bits per heavy atom. The van der Waals surface area contributed by atoms with Gasteiger partial charge in [0.1, 0.15) is 17.5 Å². The molecule has 1 heterocycles. The highest BCUT2D eigenvalue weighted by Crippen LogP contribution is 2.34. The second kappa shape index (κ2) is 7.25. The standard InChI is InChI=1S/C16H18ClF3N4/c1-9(2)8-21-14-7-15(23-10(3)22-14)24-13-6-11(16(18,19)20)4-5-12(13)17/h4-7,9H,8H2,1-3H3,(H2,21,22,23,24). The van der Waals surface area contributed by atoms with Crippen molar-refractivity contribution in [2.75, 3.05) is 17.2 Å². The summed E-state index contributed by atoms with van der Waals surface area (Å²) in [5, 5.41) is 6.16. The molecule has 130 valence electrons. The number of alkyl halides is 3. The van der Waals surface area contributed by atoms with Crippen LogP contribution in [0.15, 0.2) is 24.3 Å². The van der Waals surface area contributed by atoms with Crippen LogP contribution >= 0.6 is 11.6 Å². The summed E-state index contributed by atoms with van der Waals surface area (Å²) in [4.78, 5) is 8.44. The van der Waals surface area contributed by atoms with Crippen LogP contribution in [0.3, 0.4) is 0 Å². The molecule has 2 rings (SSSR count). The summed E-state index contributed by atoms with van der Waals surface area (Å²) in [6.07, 6.45) is -4.44. The molecule has 0 aliphatic heterocycles. The lowest BCUT2D eigenvalue weighted by Gasteiger charge is -2.14. The minimum Gasteiger partial charge on any atom is -0.370 e. The van der Waals surface area contributed by atoms with Crippen LogP contribution < -0.4 is 10.6 Å². The number of halogens is 4. The molecule has 0 atom stereocenters. The molecule has 0 aliphatic carbocycles. The minimum absolute atomic E-state index is 0.138. The molecule has 24 heavy (non-hydrogen) atoms. The number of anilines is 3. The zero-order valence-electron chi connectivity index (χ0n) is 13.5. The van der Waals surface area contributed by atoms with Gasteiger partial charge in [0, 0.05) is 12.6 Å². The summed E-state index contributed by atoms with van der Waals surface area (Å²) in [7, 11) is 0. The van der Waals surface area contributed by atoms with Crippen molar-refractivity contribution in [3.8, 4) is 0 Å². The molecule has 0 saturated carbocycles. The van der Waals surface area contributed by atoms with E-state index in [0.29, 0.717) is 23.4 Å². The van der Waals surface area contributed by atoms with Gasteiger partial charge in [-0.3, -0.25) is 0 Å². The van der Waals surface area contributed by atoms with Gasteiger partial charge in [-0.15, -0.1) is 0 Å². The van der Waals surface area contributed by atoms with E-state index in [1.54, 1.807) is 13.0 Å². The van der Waals surface area contributed by atoms with Gasteiger partial charge in [0.05, 0.1) is 16.3 Å². The van der Waals surface area contributed by atoms with Gasteiger partial charge >= 0.3 is 6.18 Å². The molecule has 0 radical (unpaired) electrons. The number of hydrogen-bond donors (Lipinski definition) is 2. The number of aryl methyl sites for hydroxylation is 1. The molecule has 0 fully saturated rings. The molecule has 0 saturated heterocycles.